The highest BCUT2D eigenvalue weighted by molar-refractivity contribution is 7.91. The smallest absolute Gasteiger partial charge is 0.433 e. The molecule has 0 atom stereocenters. The number of carbonyl (C=O) groups excluding carboxylic acids is 1. The number of benzene rings is 1. The molecule has 1 aliphatic rings. The fraction of sp³-hybridized carbons (Fsp3) is 0.409. The molecule has 15 heteroatoms. The molecule has 3 heterocycles. The van der Waals surface area contributed by atoms with E-state index in [1.165, 1.54) is 12.1 Å². The van der Waals surface area contributed by atoms with Gasteiger partial charge in [0.25, 0.3) is 5.91 Å². The normalized spacial score (nSPS) is 16.6. The van der Waals surface area contributed by atoms with E-state index < -0.39 is 51.8 Å². The van der Waals surface area contributed by atoms with Crippen LogP contribution in [0.3, 0.4) is 0 Å². The number of carbonyl (C=O) groups is 1. The number of nitrogens with zero attached hydrogens (tertiary/aromatic N) is 3. The molecule has 2 aromatic heterocycles. The largest absolute Gasteiger partial charge is 0.482 e. The van der Waals surface area contributed by atoms with Crippen molar-refractivity contribution in [2.24, 2.45) is 7.05 Å². The fourth-order valence-electron chi connectivity index (χ4n) is 4.03. The Bertz CT molecular complexity index is 1440. The van der Waals surface area contributed by atoms with Gasteiger partial charge in [0.05, 0.1) is 28.2 Å². The van der Waals surface area contributed by atoms with Crippen LogP contribution in [0.5, 0.6) is 5.75 Å². The van der Waals surface area contributed by atoms with E-state index in [4.69, 9.17) is 4.74 Å². The minimum Gasteiger partial charge on any atom is -0.482 e. The van der Waals surface area contributed by atoms with Crippen LogP contribution in [0.15, 0.2) is 30.3 Å². The van der Waals surface area contributed by atoms with Crippen LogP contribution >= 0.6 is 0 Å². The van der Waals surface area contributed by atoms with Gasteiger partial charge in [-0.2, -0.15) is 26.3 Å². The van der Waals surface area contributed by atoms with E-state index in [0.717, 1.165) is 12.1 Å². The van der Waals surface area contributed by atoms with Gasteiger partial charge >= 0.3 is 12.4 Å². The lowest BCUT2D eigenvalue weighted by molar-refractivity contribution is -0.153. The summed E-state index contributed by atoms with van der Waals surface area (Å²) >= 11 is 0. The SMILES string of the molecule is Cn1c(C2CCS(=O)(=O)CC2)nc2cc(OCC(F)(F)F)c(NC(=O)c3cccc(C(F)(F)F)n3)cc21. The molecule has 0 unspecified atom stereocenters. The molecule has 1 N–H and O–H groups in total. The molecule has 4 rings (SSSR count). The Hall–Kier alpha value is -3.36. The van der Waals surface area contributed by atoms with E-state index in [9.17, 15) is 39.6 Å². The summed E-state index contributed by atoms with van der Waals surface area (Å²) < 4.78 is 108. The minimum atomic E-state index is -4.81. The molecule has 3 aromatic rings. The molecule has 200 valence electrons. The van der Waals surface area contributed by atoms with Crippen LogP contribution in [0.2, 0.25) is 0 Å². The molecule has 37 heavy (non-hydrogen) atoms. The monoisotopic (exact) mass is 550 g/mol. The zero-order valence-electron chi connectivity index (χ0n) is 19.2. The van der Waals surface area contributed by atoms with Gasteiger partial charge in [0.15, 0.2) is 6.61 Å². The Morgan fingerprint density at radius 2 is 1.78 bits per heavy atom. The minimum absolute atomic E-state index is 0.0217. The Labute approximate surface area is 206 Å². The number of ether oxygens (including phenoxy) is 1. The first-order chi connectivity index (χ1) is 17.1. The van der Waals surface area contributed by atoms with Crippen LogP contribution in [0, 0.1) is 0 Å². The van der Waals surface area contributed by atoms with Gasteiger partial charge in [-0.25, -0.2) is 18.4 Å². The molecular formula is C22H20F6N4O4S. The third-order valence-corrected chi connectivity index (χ3v) is 7.56. The molecule has 1 amide bonds. The lowest BCUT2D eigenvalue weighted by Crippen LogP contribution is -2.23. The molecule has 0 bridgehead atoms. The number of aryl methyl sites for hydroxylation is 1. The number of aromatic nitrogens is 3. The number of alkyl halides is 6. The van der Waals surface area contributed by atoms with E-state index in [0.29, 0.717) is 30.2 Å². The second-order valence-corrected chi connectivity index (χ2v) is 10.9. The summed E-state index contributed by atoms with van der Waals surface area (Å²) in [5, 5.41) is 2.28. The summed E-state index contributed by atoms with van der Waals surface area (Å²) in [5.74, 6) is -1.25. The number of imidazole rings is 1. The van der Waals surface area contributed by atoms with E-state index in [1.54, 1.807) is 11.6 Å². The number of hydrogen-bond acceptors (Lipinski definition) is 6. The van der Waals surface area contributed by atoms with Crippen LogP contribution in [-0.4, -0.2) is 53.1 Å². The van der Waals surface area contributed by atoms with Crippen molar-refractivity contribution in [3.63, 3.8) is 0 Å². The summed E-state index contributed by atoms with van der Waals surface area (Å²) in [4.78, 5) is 20.4. The third-order valence-electron chi connectivity index (χ3n) is 5.85. The Morgan fingerprint density at radius 1 is 1.11 bits per heavy atom. The first-order valence-corrected chi connectivity index (χ1v) is 12.7. The van der Waals surface area contributed by atoms with Gasteiger partial charge in [-0.15, -0.1) is 0 Å². The molecule has 1 aliphatic heterocycles. The molecule has 0 radical (unpaired) electrons. The van der Waals surface area contributed by atoms with Crippen molar-refractivity contribution in [3.8, 4) is 5.75 Å². The summed E-state index contributed by atoms with van der Waals surface area (Å²) in [6.07, 6.45) is -8.87. The second-order valence-electron chi connectivity index (χ2n) is 8.56. The highest BCUT2D eigenvalue weighted by Gasteiger charge is 2.33. The molecule has 0 spiro atoms. The van der Waals surface area contributed by atoms with Gasteiger partial charge in [0.2, 0.25) is 0 Å². The lowest BCUT2D eigenvalue weighted by Gasteiger charge is -2.21. The Balaban J connectivity index is 1.71. The average molecular weight is 550 g/mol. The maximum absolute atomic E-state index is 13.0. The van der Waals surface area contributed by atoms with E-state index in [1.807, 2.05) is 0 Å². The fourth-order valence-corrected chi connectivity index (χ4v) is 5.52. The predicted octanol–water partition coefficient (Wildman–Crippen LogP) is 4.47. The van der Waals surface area contributed by atoms with E-state index in [2.05, 4.69) is 15.3 Å². The van der Waals surface area contributed by atoms with Crippen molar-refractivity contribution in [2.45, 2.75) is 31.1 Å². The number of fused-ring (bicyclic) bond motifs is 1. The number of amides is 1. The number of halogens is 6. The van der Waals surface area contributed by atoms with Crippen molar-refractivity contribution in [3.05, 3.63) is 47.5 Å². The topological polar surface area (TPSA) is 103 Å². The number of rotatable bonds is 5. The van der Waals surface area contributed by atoms with Gasteiger partial charge in [-0.3, -0.25) is 4.79 Å². The van der Waals surface area contributed by atoms with Gasteiger partial charge < -0.3 is 14.6 Å². The van der Waals surface area contributed by atoms with Crippen LogP contribution in [-0.2, 0) is 23.1 Å². The Kier molecular flexibility index (Phi) is 6.86. The highest BCUT2D eigenvalue weighted by atomic mass is 32.2. The van der Waals surface area contributed by atoms with Crippen molar-refractivity contribution in [2.75, 3.05) is 23.4 Å². The average Bonchev–Trinajstić information content (AvgIpc) is 3.12. The van der Waals surface area contributed by atoms with Crippen LogP contribution in [0.25, 0.3) is 11.0 Å². The van der Waals surface area contributed by atoms with Gasteiger partial charge in [0.1, 0.15) is 32.8 Å². The zero-order valence-corrected chi connectivity index (χ0v) is 20.0. The van der Waals surface area contributed by atoms with Crippen molar-refractivity contribution < 1.29 is 44.3 Å². The van der Waals surface area contributed by atoms with Crippen LogP contribution < -0.4 is 10.1 Å². The predicted molar refractivity (Wildman–Crippen MR) is 120 cm³/mol. The number of pyridine rings is 1. The van der Waals surface area contributed by atoms with Gasteiger partial charge in [-0.05, 0) is 31.0 Å². The molecule has 8 nitrogen and oxygen atoms in total. The maximum atomic E-state index is 13.0. The highest BCUT2D eigenvalue weighted by Crippen LogP contribution is 2.36. The second kappa shape index (κ2) is 9.50. The van der Waals surface area contributed by atoms with E-state index in [-0.39, 0.29) is 28.6 Å². The van der Waals surface area contributed by atoms with Gasteiger partial charge in [0, 0.05) is 19.0 Å². The molecule has 0 aliphatic carbocycles. The lowest BCUT2D eigenvalue weighted by atomic mass is 10.0. The van der Waals surface area contributed by atoms with Crippen LogP contribution in [0.4, 0.5) is 32.0 Å². The maximum Gasteiger partial charge on any atom is 0.433 e. The number of nitrogens with one attached hydrogen (secondary N) is 1. The number of anilines is 1. The van der Waals surface area contributed by atoms with Crippen molar-refractivity contribution >= 4 is 32.5 Å². The number of sulfone groups is 1. The van der Waals surface area contributed by atoms with Crippen LogP contribution in [0.1, 0.15) is 40.8 Å². The molecular weight excluding hydrogens is 530 g/mol. The summed E-state index contributed by atoms with van der Waals surface area (Å²) in [6, 6.07) is 5.15. The summed E-state index contributed by atoms with van der Waals surface area (Å²) in [6.45, 7) is -1.69. The number of hydrogen-bond donors (Lipinski definition) is 1. The van der Waals surface area contributed by atoms with Crippen molar-refractivity contribution in [1.82, 2.24) is 14.5 Å². The molecule has 1 saturated heterocycles. The summed E-state index contributed by atoms with van der Waals surface area (Å²) in [5.41, 5.74) is -1.53. The van der Waals surface area contributed by atoms with E-state index >= 15 is 0 Å². The zero-order chi connectivity index (χ0) is 27.2. The van der Waals surface area contributed by atoms with Gasteiger partial charge in [-0.1, -0.05) is 6.07 Å². The molecule has 1 aromatic carbocycles. The molecule has 0 saturated carbocycles. The molecule has 1 fully saturated rings. The quantitative estimate of drug-likeness (QED) is 0.471. The third kappa shape index (κ3) is 6.14. The van der Waals surface area contributed by atoms with Crippen molar-refractivity contribution in [1.29, 1.82) is 0 Å². The standard InChI is InChI=1S/C22H20F6N4O4S/c1-32-16-9-15(31-20(33)13-3-2-4-18(29-13)22(26,27)28)17(36-11-21(23,24)25)10-14(16)30-19(32)12-5-7-37(34,35)8-6-12/h2-4,9-10,12H,5-8,11H2,1H3,(H,31,33). The Morgan fingerprint density at radius 3 is 2.41 bits per heavy atom. The summed E-state index contributed by atoms with van der Waals surface area (Å²) in [7, 11) is -1.51. The first-order valence-electron chi connectivity index (χ1n) is 10.9. The first kappa shape index (κ1) is 26.7.